The lowest BCUT2D eigenvalue weighted by Crippen LogP contribution is -2.56. The van der Waals surface area contributed by atoms with E-state index >= 15 is 0 Å². The van der Waals surface area contributed by atoms with Crippen LogP contribution in [0.2, 0.25) is 0 Å². The van der Waals surface area contributed by atoms with Crippen LogP contribution >= 0.6 is 0 Å². The summed E-state index contributed by atoms with van der Waals surface area (Å²) in [6, 6.07) is 0. The lowest BCUT2D eigenvalue weighted by atomic mass is 9.94. The summed E-state index contributed by atoms with van der Waals surface area (Å²) in [4.78, 5) is 0. The van der Waals surface area contributed by atoms with Crippen molar-refractivity contribution in [2.24, 2.45) is 0 Å². The van der Waals surface area contributed by atoms with Crippen molar-refractivity contribution >= 4 is 0 Å². The third kappa shape index (κ3) is 2.46. The minimum Gasteiger partial charge on any atom is -0.394 e. The fourth-order valence-corrected chi connectivity index (χ4v) is 5.19. The zero-order chi connectivity index (χ0) is 16.2. The summed E-state index contributed by atoms with van der Waals surface area (Å²) in [7, 11) is 0. The summed E-state index contributed by atoms with van der Waals surface area (Å²) < 4.78 is 31.4. The van der Waals surface area contributed by atoms with Crippen molar-refractivity contribution in [3.8, 4) is 0 Å². The van der Waals surface area contributed by atoms with E-state index in [1.807, 2.05) is 0 Å². The van der Waals surface area contributed by atoms with Gasteiger partial charge in [0.1, 0.15) is 24.4 Å². The van der Waals surface area contributed by atoms with E-state index in [1.165, 1.54) is 12.8 Å². The van der Waals surface area contributed by atoms with Gasteiger partial charge in [-0.2, -0.15) is 0 Å². The van der Waals surface area contributed by atoms with Gasteiger partial charge in [0, 0.05) is 25.7 Å². The quantitative estimate of drug-likeness (QED) is 0.789. The van der Waals surface area contributed by atoms with Crippen molar-refractivity contribution in [1.82, 2.24) is 0 Å². The molecule has 0 radical (unpaired) electrons. The van der Waals surface area contributed by atoms with Crippen LogP contribution in [0.15, 0.2) is 0 Å². The standard InChI is InChI=1S/C18H28O6/c19-11-12-13-14(22-17(21-13)7-3-1-4-8-17)15-16(20-12)24-18(23-15)9-5-2-6-10-18/h12-16,19H,1-11H2. The van der Waals surface area contributed by atoms with Crippen molar-refractivity contribution in [3.63, 3.8) is 0 Å². The average molecular weight is 340 g/mol. The largest absolute Gasteiger partial charge is 0.394 e. The Bertz CT molecular complexity index is 470. The van der Waals surface area contributed by atoms with Crippen molar-refractivity contribution in [3.05, 3.63) is 0 Å². The van der Waals surface area contributed by atoms with E-state index in [0.717, 1.165) is 51.4 Å². The topological polar surface area (TPSA) is 66.4 Å². The van der Waals surface area contributed by atoms with Crippen LogP contribution in [0.25, 0.3) is 0 Å². The van der Waals surface area contributed by atoms with Crippen LogP contribution in [0, 0.1) is 0 Å². The van der Waals surface area contributed by atoms with Crippen LogP contribution in [0.5, 0.6) is 0 Å². The number of hydrogen-bond donors (Lipinski definition) is 1. The van der Waals surface area contributed by atoms with Crippen molar-refractivity contribution in [2.45, 2.75) is 106 Å². The Labute approximate surface area is 142 Å². The van der Waals surface area contributed by atoms with Gasteiger partial charge in [0.05, 0.1) is 6.61 Å². The second-order valence-electron chi connectivity index (χ2n) is 8.03. The average Bonchev–Trinajstić information content (AvgIpc) is 3.14. The predicted molar refractivity (Wildman–Crippen MR) is 83.1 cm³/mol. The highest BCUT2D eigenvalue weighted by molar-refractivity contribution is 5.02. The van der Waals surface area contributed by atoms with E-state index in [-0.39, 0.29) is 24.9 Å². The van der Waals surface area contributed by atoms with Gasteiger partial charge in [-0.3, -0.25) is 0 Å². The van der Waals surface area contributed by atoms with Crippen molar-refractivity contribution < 1.29 is 28.8 Å². The van der Waals surface area contributed by atoms with Gasteiger partial charge in [0.25, 0.3) is 0 Å². The van der Waals surface area contributed by atoms with Crippen molar-refractivity contribution in [1.29, 1.82) is 0 Å². The Morgan fingerprint density at radius 2 is 1.21 bits per heavy atom. The van der Waals surface area contributed by atoms with Crippen molar-refractivity contribution in [2.75, 3.05) is 6.61 Å². The Morgan fingerprint density at radius 1 is 0.667 bits per heavy atom. The van der Waals surface area contributed by atoms with E-state index in [9.17, 15) is 5.11 Å². The molecule has 2 aliphatic carbocycles. The van der Waals surface area contributed by atoms with Crippen LogP contribution in [0.4, 0.5) is 0 Å². The summed E-state index contributed by atoms with van der Waals surface area (Å²) in [6.45, 7) is -0.0831. The molecule has 0 aromatic rings. The molecule has 1 N–H and O–H groups in total. The number of hydrogen-bond acceptors (Lipinski definition) is 6. The molecule has 136 valence electrons. The first-order valence-corrected chi connectivity index (χ1v) is 9.70. The summed E-state index contributed by atoms with van der Waals surface area (Å²) in [5, 5.41) is 9.79. The first kappa shape index (κ1) is 16.0. The van der Waals surface area contributed by atoms with Gasteiger partial charge in [0.2, 0.25) is 0 Å². The highest BCUT2D eigenvalue weighted by Crippen LogP contribution is 2.50. The number of aliphatic hydroxyl groups is 1. The van der Waals surface area contributed by atoms with Gasteiger partial charge < -0.3 is 28.8 Å². The molecule has 0 aromatic heterocycles. The number of ether oxygens (including phenoxy) is 5. The fourth-order valence-electron chi connectivity index (χ4n) is 5.19. The summed E-state index contributed by atoms with van der Waals surface area (Å²) in [6.07, 6.45) is 9.04. The molecule has 5 fully saturated rings. The van der Waals surface area contributed by atoms with E-state index in [0.29, 0.717) is 0 Å². The van der Waals surface area contributed by atoms with Crippen LogP contribution in [-0.2, 0) is 23.7 Å². The zero-order valence-corrected chi connectivity index (χ0v) is 14.2. The molecule has 5 atom stereocenters. The first-order chi connectivity index (χ1) is 11.7. The van der Waals surface area contributed by atoms with E-state index in [4.69, 9.17) is 23.7 Å². The maximum Gasteiger partial charge on any atom is 0.190 e. The summed E-state index contributed by atoms with van der Waals surface area (Å²) in [5.74, 6) is -1.03. The summed E-state index contributed by atoms with van der Waals surface area (Å²) in [5.41, 5.74) is 0. The smallest absolute Gasteiger partial charge is 0.190 e. The molecule has 5 aliphatic rings. The van der Waals surface area contributed by atoms with E-state index in [2.05, 4.69) is 0 Å². The molecule has 5 rings (SSSR count). The second-order valence-corrected chi connectivity index (χ2v) is 8.03. The molecule has 3 heterocycles. The Morgan fingerprint density at radius 3 is 1.83 bits per heavy atom. The van der Waals surface area contributed by atoms with Crippen LogP contribution in [0.1, 0.15) is 64.2 Å². The first-order valence-electron chi connectivity index (χ1n) is 9.70. The number of aliphatic hydroxyl groups excluding tert-OH is 1. The lowest BCUT2D eigenvalue weighted by Gasteiger charge is -2.36. The van der Waals surface area contributed by atoms with Gasteiger partial charge >= 0.3 is 0 Å². The molecule has 2 saturated carbocycles. The third-order valence-corrected chi connectivity index (χ3v) is 6.39. The maximum atomic E-state index is 9.79. The van der Waals surface area contributed by atoms with E-state index in [1.54, 1.807) is 0 Å². The van der Waals surface area contributed by atoms with Crippen LogP contribution in [0.3, 0.4) is 0 Å². The molecule has 3 aliphatic heterocycles. The minimum atomic E-state index is -0.520. The van der Waals surface area contributed by atoms with E-state index < -0.39 is 24.0 Å². The van der Waals surface area contributed by atoms with Gasteiger partial charge in [-0.15, -0.1) is 0 Å². The Hall–Kier alpha value is -0.240. The van der Waals surface area contributed by atoms with Crippen LogP contribution < -0.4 is 0 Å². The zero-order valence-electron chi connectivity index (χ0n) is 14.2. The third-order valence-electron chi connectivity index (χ3n) is 6.39. The van der Waals surface area contributed by atoms with Gasteiger partial charge in [-0.1, -0.05) is 12.8 Å². The monoisotopic (exact) mass is 340 g/mol. The lowest BCUT2D eigenvalue weighted by molar-refractivity contribution is -0.254. The van der Waals surface area contributed by atoms with Gasteiger partial charge in [-0.25, -0.2) is 0 Å². The minimum absolute atomic E-state index is 0.0831. The molecule has 2 spiro atoms. The fraction of sp³-hybridized carbons (Fsp3) is 1.00. The number of rotatable bonds is 1. The SMILES string of the molecule is OCC1OC2OC3(CCCCC3)OC2C2OC3(CCCCC3)OC12. The molecule has 3 saturated heterocycles. The van der Waals surface area contributed by atoms with Gasteiger partial charge in [0.15, 0.2) is 17.9 Å². The normalized spacial score (nSPS) is 46.1. The molecule has 6 heteroatoms. The highest BCUT2D eigenvalue weighted by atomic mass is 16.9. The molecule has 0 aromatic carbocycles. The number of fused-ring (bicyclic) bond motifs is 3. The molecular weight excluding hydrogens is 312 g/mol. The highest BCUT2D eigenvalue weighted by Gasteiger charge is 2.63. The predicted octanol–water partition coefficient (Wildman–Crippen LogP) is 2.22. The maximum absolute atomic E-state index is 9.79. The molecule has 5 unspecified atom stereocenters. The molecule has 24 heavy (non-hydrogen) atoms. The Kier molecular flexibility index (Phi) is 3.92. The Balaban J connectivity index is 1.40. The van der Waals surface area contributed by atoms with Gasteiger partial charge in [-0.05, 0) is 25.7 Å². The van der Waals surface area contributed by atoms with Crippen LogP contribution in [-0.4, -0.2) is 54.0 Å². The molecule has 0 bridgehead atoms. The molecule has 0 amide bonds. The second kappa shape index (κ2) is 5.89. The summed E-state index contributed by atoms with van der Waals surface area (Å²) >= 11 is 0. The molecular formula is C18H28O6. The molecule has 6 nitrogen and oxygen atoms in total.